The summed E-state index contributed by atoms with van der Waals surface area (Å²) in [6, 6.07) is 0. The second-order valence-electron chi connectivity index (χ2n) is 2.96. The first-order valence-corrected chi connectivity index (χ1v) is 5.49. The fourth-order valence-electron chi connectivity index (χ4n) is 1.19. The Labute approximate surface area is 106 Å². The van der Waals surface area contributed by atoms with Gasteiger partial charge in [-0.3, -0.25) is 4.98 Å². The van der Waals surface area contributed by atoms with Crippen molar-refractivity contribution in [3.8, 4) is 0 Å². The number of halogens is 4. The lowest BCUT2D eigenvalue weighted by Gasteiger charge is -2.06. The zero-order valence-corrected chi connectivity index (χ0v) is 10.5. The minimum Gasteiger partial charge on any atom is -0.251 e. The molecule has 0 aliphatic rings. The normalized spacial score (nSPS) is 11.0. The molecular weight excluding hydrogens is 278 g/mol. The Morgan fingerprint density at radius 1 is 0.867 bits per heavy atom. The van der Waals surface area contributed by atoms with Crippen molar-refractivity contribution in [3.63, 3.8) is 0 Å². The van der Waals surface area contributed by atoms with E-state index in [1.165, 1.54) is 0 Å². The van der Waals surface area contributed by atoms with Gasteiger partial charge in [-0.15, -0.1) is 0 Å². The molecule has 0 aliphatic heterocycles. The highest BCUT2D eigenvalue weighted by atomic mass is 35.5. The van der Waals surface area contributed by atoms with E-state index in [0.717, 1.165) is 5.69 Å². The summed E-state index contributed by atoms with van der Waals surface area (Å²) in [4.78, 5) is 8.34. The van der Waals surface area contributed by atoms with Gasteiger partial charge in [0.05, 0.1) is 25.8 Å². The Morgan fingerprint density at radius 2 is 1.40 bits per heavy atom. The quantitative estimate of drug-likeness (QED) is 0.523. The lowest BCUT2D eigenvalue weighted by atomic mass is 10.3. The number of aryl methyl sites for hydroxylation is 1. The van der Waals surface area contributed by atoms with Gasteiger partial charge in [0, 0.05) is 6.20 Å². The average Bonchev–Trinajstić information content (AvgIpc) is 2.23. The van der Waals surface area contributed by atoms with Gasteiger partial charge in [0.25, 0.3) is 0 Å². The van der Waals surface area contributed by atoms with Crippen molar-refractivity contribution in [3.05, 3.63) is 32.0 Å². The van der Waals surface area contributed by atoms with Crippen LogP contribution in [0.15, 0.2) is 6.20 Å². The number of hydrogen-bond donors (Lipinski definition) is 0. The molecule has 15 heavy (non-hydrogen) atoms. The summed E-state index contributed by atoms with van der Waals surface area (Å²) in [5.41, 5.74) is 1.66. The van der Waals surface area contributed by atoms with Crippen LogP contribution in [0.3, 0.4) is 0 Å². The number of hydrogen-bond acceptors (Lipinski definition) is 2. The van der Waals surface area contributed by atoms with E-state index in [1.807, 2.05) is 0 Å². The molecule has 2 nitrogen and oxygen atoms in total. The van der Waals surface area contributed by atoms with E-state index in [0.29, 0.717) is 11.0 Å². The van der Waals surface area contributed by atoms with E-state index in [4.69, 9.17) is 46.4 Å². The third kappa shape index (κ3) is 1.76. The number of benzene rings is 1. The summed E-state index contributed by atoms with van der Waals surface area (Å²) in [6.45, 7) is 1.80. The molecule has 78 valence electrons. The molecule has 2 aromatic rings. The van der Waals surface area contributed by atoms with Crippen molar-refractivity contribution in [1.29, 1.82) is 0 Å². The number of aromatic nitrogens is 2. The van der Waals surface area contributed by atoms with E-state index >= 15 is 0 Å². The van der Waals surface area contributed by atoms with E-state index in [-0.39, 0.29) is 20.1 Å². The van der Waals surface area contributed by atoms with Gasteiger partial charge in [0.2, 0.25) is 0 Å². The number of rotatable bonds is 0. The maximum absolute atomic E-state index is 6.00. The van der Waals surface area contributed by atoms with Crippen molar-refractivity contribution in [2.45, 2.75) is 6.92 Å². The Balaban J connectivity index is 3.00. The predicted octanol–water partition coefficient (Wildman–Crippen LogP) is 4.55. The van der Waals surface area contributed by atoms with Gasteiger partial charge >= 0.3 is 0 Å². The molecule has 0 saturated carbocycles. The van der Waals surface area contributed by atoms with Gasteiger partial charge in [0.1, 0.15) is 11.0 Å². The molecule has 0 fully saturated rings. The summed E-state index contributed by atoms with van der Waals surface area (Å²) in [5.74, 6) is 0. The van der Waals surface area contributed by atoms with Crippen LogP contribution >= 0.6 is 46.4 Å². The van der Waals surface area contributed by atoms with Crippen LogP contribution in [0, 0.1) is 6.92 Å². The zero-order valence-electron chi connectivity index (χ0n) is 7.48. The topological polar surface area (TPSA) is 25.8 Å². The van der Waals surface area contributed by atoms with Crippen molar-refractivity contribution in [1.82, 2.24) is 9.97 Å². The average molecular weight is 282 g/mol. The Morgan fingerprint density at radius 3 is 2.00 bits per heavy atom. The van der Waals surface area contributed by atoms with E-state index in [2.05, 4.69) is 9.97 Å². The first kappa shape index (κ1) is 11.2. The van der Waals surface area contributed by atoms with Crippen LogP contribution in [0.25, 0.3) is 11.0 Å². The van der Waals surface area contributed by atoms with Gasteiger partial charge in [-0.05, 0) is 6.92 Å². The summed E-state index contributed by atoms with van der Waals surface area (Å²) < 4.78 is 0. The predicted molar refractivity (Wildman–Crippen MR) is 64.3 cm³/mol. The molecule has 0 amide bonds. The summed E-state index contributed by atoms with van der Waals surface area (Å²) in [6.07, 6.45) is 1.59. The zero-order chi connectivity index (χ0) is 11.2. The first-order valence-electron chi connectivity index (χ1n) is 3.97. The van der Waals surface area contributed by atoms with Crippen molar-refractivity contribution >= 4 is 57.4 Å². The fraction of sp³-hybridized carbons (Fsp3) is 0.111. The molecule has 0 spiro atoms. The van der Waals surface area contributed by atoms with E-state index in [1.54, 1.807) is 13.1 Å². The smallest absolute Gasteiger partial charge is 0.111 e. The van der Waals surface area contributed by atoms with Crippen LogP contribution in [0.4, 0.5) is 0 Å². The molecule has 0 unspecified atom stereocenters. The number of nitrogens with zero attached hydrogens (tertiary/aromatic N) is 2. The molecule has 0 saturated heterocycles. The third-order valence-corrected chi connectivity index (χ3v) is 3.67. The highest BCUT2D eigenvalue weighted by Crippen LogP contribution is 2.41. The van der Waals surface area contributed by atoms with Gasteiger partial charge in [-0.25, -0.2) is 4.98 Å². The molecule has 1 aromatic carbocycles. The molecule has 0 radical (unpaired) electrons. The minimum atomic E-state index is 0.203. The fourth-order valence-corrected chi connectivity index (χ4v) is 2.12. The monoisotopic (exact) mass is 280 g/mol. The molecule has 1 aromatic heterocycles. The lowest BCUT2D eigenvalue weighted by Crippen LogP contribution is -1.90. The molecular formula is C9H4Cl4N2. The van der Waals surface area contributed by atoms with Crippen LogP contribution in [-0.4, -0.2) is 9.97 Å². The molecule has 2 rings (SSSR count). The summed E-state index contributed by atoms with van der Waals surface area (Å²) >= 11 is 23.8. The maximum Gasteiger partial charge on any atom is 0.111 e. The van der Waals surface area contributed by atoms with Crippen LogP contribution in [0.2, 0.25) is 20.1 Å². The largest absolute Gasteiger partial charge is 0.251 e. The maximum atomic E-state index is 6.00. The van der Waals surface area contributed by atoms with Gasteiger partial charge in [-0.2, -0.15) is 0 Å². The Hall–Kier alpha value is -0.280. The minimum absolute atomic E-state index is 0.203. The van der Waals surface area contributed by atoms with Crippen molar-refractivity contribution in [2.75, 3.05) is 0 Å². The molecule has 0 atom stereocenters. The van der Waals surface area contributed by atoms with Crippen molar-refractivity contribution < 1.29 is 0 Å². The summed E-state index contributed by atoms with van der Waals surface area (Å²) in [5, 5.41) is 0.954. The highest BCUT2D eigenvalue weighted by Gasteiger charge is 2.16. The van der Waals surface area contributed by atoms with Gasteiger partial charge < -0.3 is 0 Å². The molecule has 6 heteroatoms. The van der Waals surface area contributed by atoms with Gasteiger partial charge in [0.15, 0.2) is 0 Å². The SMILES string of the molecule is Cc1cnc2c(Cl)c(Cl)c(Cl)c(Cl)c2n1. The first-order chi connectivity index (χ1) is 7.02. The highest BCUT2D eigenvalue weighted by molar-refractivity contribution is 6.54. The standard InChI is InChI=1S/C9H4Cl4N2/c1-3-2-14-8-6(12)4(10)5(11)7(13)9(8)15-3/h2H,1H3. The summed E-state index contributed by atoms with van der Waals surface area (Å²) in [7, 11) is 0. The Bertz CT molecular complexity index is 554. The third-order valence-electron chi connectivity index (χ3n) is 1.89. The van der Waals surface area contributed by atoms with Crippen molar-refractivity contribution in [2.24, 2.45) is 0 Å². The van der Waals surface area contributed by atoms with Crippen LogP contribution < -0.4 is 0 Å². The lowest BCUT2D eigenvalue weighted by molar-refractivity contribution is 1.19. The molecule has 0 aliphatic carbocycles. The van der Waals surface area contributed by atoms with Crippen LogP contribution in [0.1, 0.15) is 5.69 Å². The number of fused-ring (bicyclic) bond motifs is 1. The second-order valence-corrected chi connectivity index (χ2v) is 4.48. The van der Waals surface area contributed by atoms with Crippen LogP contribution in [0.5, 0.6) is 0 Å². The molecule has 0 bridgehead atoms. The second kappa shape index (κ2) is 3.95. The molecule has 1 heterocycles. The van der Waals surface area contributed by atoms with E-state index < -0.39 is 0 Å². The van der Waals surface area contributed by atoms with E-state index in [9.17, 15) is 0 Å². The Kier molecular flexibility index (Phi) is 2.95. The van der Waals surface area contributed by atoms with Crippen LogP contribution in [-0.2, 0) is 0 Å². The van der Waals surface area contributed by atoms with Gasteiger partial charge in [-0.1, -0.05) is 46.4 Å². The molecule has 0 N–H and O–H groups in total.